The summed E-state index contributed by atoms with van der Waals surface area (Å²) in [5, 5.41) is 8.87. The van der Waals surface area contributed by atoms with E-state index in [1.54, 1.807) is 16.8 Å². The van der Waals surface area contributed by atoms with Crippen LogP contribution in [0.3, 0.4) is 0 Å². The molecule has 0 amide bonds. The van der Waals surface area contributed by atoms with Gasteiger partial charge < -0.3 is 9.67 Å². The van der Waals surface area contributed by atoms with E-state index < -0.39 is 17.7 Å². The first kappa shape index (κ1) is 15.4. The van der Waals surface area contributed by atoms with Crippen molar-refractivity contribution in [3.05, 3.63) is 35.5 Å². The molecule has 0 radical (unpaired) electrons. The highest BCUT2D eigenvalue weighted by Gasteiger charge is 2.34. The Morgan fingerprint density at radius 1 is 1.33 bits per heavy atom. The average molecular weight is 299 g/mol. The molecule has 0 bridgehead atoms. The van der Waals surface area contributed by atoms with Crippen LogP contribution >= 0.6 is 0 Å². The van der Waals surface area contributed by atoms with Gasteiger partial charge in [-0.25, -0.2) is 0 Å². The molecule has 0 saturated heterocycles. The molecule has 1 aromatic heterocycles. The van der Waals surface area contributed by atoms with Crippen LogP contribution in [0.25, 0.3) is 10.9 Å². The molecule has 21 heavy (non-hydrogen) atoms. The zero-order valence-electron chi connectivity index (χ0n) is 11.7. The van der Waals surface area contributed by atoms with Crippen molar-refractivity contribution in [2.24, 2.45) is 0 Å². The molecule has 1 aromatic carbocycles. The quantitative estimate of drug-likeness (QED) is 0.916. The molecule has 114 valence electrons. The van der Waals surface area contributed by atoms with Crippen LogP contribution in [0, 0.1) is 0 Å². The summed E-state index contributed by atoms with van der Waals surface area (Å²) < 4.78 is 41.3. The van der Waals surface area contributed by atoms with Crippen LogP contribution < -0.4 is 0 Å². The molecular formula is C15H16F3NO2. The van der Waals surface area contributed by atoms with Crippen molar-refractivity contribution >= 4 is 16.9 Å². The van der Waals surface area contributed by atoms with E-state index in [1.165, 1.54) is 6.07 Å². The van der Waals surface area contributed by atoms with Gasteiger partial charge in [0.2, 0.25) is 0 Å². The molecule has 0 aliphatic rings. The van der Waals surface area contributed by atoms with Crippen molar-refractivity contribution in [2.45, 2.75) is 38.9 Å². The Kier molecular flexibility index (Phi) is 3.98. The Morgan fingerprint density at radius 2 is 2.00 bits per heavy atom. The number of hydrogen-bond donors (Lipinski definition) is 1. The van der Waals surface area contributed by atoms with E-state index in [1.807, 2.05) is 13.8 Å². The number of hydrogen-bond acceptors (Lipinski definition) is 1. The summed E-state index contributed by atoms with van der Waals surface area (Å²) in [5.74, 6) is -1.02. The molecule has 6 heteroatoms. The fourth-order valence-corrected chi connectivity index (χ4v) is 2.49. The lowest BCUT2D eigenvalue weighted by Crippen LogP contribution is -2.06. The number of carboxylic acids is 1. The number of aliphatic carboxylic acids is 1. The fourth-order valence-electron chi connectivity index (χ4n) is 2.49. The van der Waals surface area contributed by atoms with Gasteiger partial charge in [-0.1, -0.05) is 6.07 Å². The molecule has 0 unspecified atom stereocenters. The Bertz CT molecular complexity index is 671. The van der Waals surface area contributed by atoms with E-state index in [4.69, 9.17) is 5.11 Å². The molecule has 0 spiro atoms. The van der Waals surface area contributed by atoms with Gasteiger partial charge in [-0.3, -0.25) is 4.79 Å². The van der Waals surface area contributed by atoms with E-state index in [2.05, 4.69) is 0 Å². The Labute approximate surface area is 120 Å². The number of fused-ring (bicyclic) bond motifs is 1. The number of aryl methyl sites for hydroxylation is 1. The smallest absolute Gasteiger partial charge is 0.417 e. The van der Waals surface area contributed by atoms with Gasteiger partial charge in [0, 0.05) is 29.6 Å². The highest BCUT2D eigenvalue weighted by Crippen LogP contribution is 2.38. The second-order valence-electron chi connectivity index (χ2n) is 5.25. The molecule has 2 aromatic rings. The summed E-state index contributed by atoms with van der Waals surface area (Å²) in [4.78, 5) is 10.7. The second-order valence-corrected chi connectivity index (χ2v) is 5.25. The van der Waals surface area contributed by atoms with Crippen LogP contribution in [-0.4, -0.2) is 15.6 Å². The number of carbonyl (C=O) groups is 1. The van der Waals surface area contributed by atoms with Gasteiger partial charge >= 0.3 is 12.1 Å². The van der Waals surface area contributed by atoms with Crippen LogP contribution in [0.4, 0.5) is 13.2 Å². The van der Waals surface area contributed by atoms with Gasteiger partial charge in [0.15, 0.2) is 0 Å². The minimum absolute atomic E-state index is 0.00504. The Balaban J connectivity index is 2.68. The number of rotatable bonds is 4. The lowest BCUT2D eigenvalue weighted by molar-refractivity contribution is -0.137. The molecule has 3 nitrogen and oxygen atoms in total. The van der Waals surface area contributed by atoms with Crippen LogP contribution in [0.15, 0.2) is 24.4 Å². The molecule has 0 fully saturated rings. The van der Waals surface area contributed by atoms with Crippen LogP contribution in [-0.2, 0) is 17.4 Å². The summed E-state index contributed by atoms with van der Waals surface area (Å²) in [7, 11) is 0. The van der Waals surface area contributed by atoms with Crippen molar-refractivity contribution in [1.82, 2.24) is 4.57 Å². The molecule has 0 atom stereocenters. The van der Waals surface area contributed by atoms with Crippen molar-refractivity contribution in [1.29, 1.82) is 0 Å². The molecule has 2 rings (SSSR count). The first-order chi connectivity index (χ1) is 9.71. The van der Waals surface area contributed by atoms with Crippen molar-refractivity contribution in [3.63, 3.8) is 0 Å². The molecule has 1 heterocycles. The standard InChI is InChI=1S/C15H16F3NO2/c1-9(2)19-8-10(6-7-13(20)21)14-11(15(16,17)18)4-3-5-12(14)19/h3-5,8-9H,6-7H2,1-2H3,(H,20,21). The molecule has 0 saturated carbocycles. The SMILES string of the molecule is CC(C)n1cc(CCC(=O)O)c2c(C(F)(F)F)cccc21. The maximum atomic E-state index is 13.2. The monoisotopic (exact) mass is 299 g/mol. The summed E-state index contributed by atoms with van der Waals surface area (Å²) in [5.41, 5.74) is 0.203. The lowest BCUT2D eigenvalue weighted by Gasteiger charge is -2.12. The average Bonchev–Trinajstić information content (AvgIpc) is 2.74. The molecule has 0 aliphatic heterocycles. The molecule has 1 N–H and O–H groups in total. The zero-order chi connectivity index (χ0) is 15.8. The third-order valence-electron chi connectivity index (χ3n) is 3.41. The van der Waals surface area contributed by atoms with Crippen molar-refractivity contribution in [2.75, 3.05) is 0 Å². The predicted octanol–water partition coefficient (Wildman–Crippen LogP) is 4.26. The number of benzene rings is 1. The van der Waals surface area contributed by atoms with Crippen molar-refractivity contribution in [3.8, 4) is 0 Å². The lowest BCUT2D eigenvalue weighted by atomic mass is 10.0. The maximum Gasteiger partial charge on any atom is 0.417 e. The largest absolute Gasteiger partial charge is 0.481 e. The number of aromatic nitrogens is 1. The maximum absolute atomic E-state index is 13.2. The summed E-state index contributed by atoms with van der Waals surface area (Å²) in [6, 6.07) is 4.05. The van der Waals surface area contributed by atoms with E-state index >= 15 is 0 Å². The van der Waals surface area contributed by atoms with Gasteiger partial charge in [0.05, 0.1) is 5.56 Å². The van der Waals surface area contributed by atoms with Gasteiger partial charge in [0.1, 0.15) is 0 Å². The minimum atomic E-state index is -4.46. The van der Waals surface area contributed by atoms with Gasteiger partial charge in [-0.05, 0) is 38.0 Å². The van der Waals surface area contributed by atoms with Gasteiger partial charge in [0.25, 0.3) is 0 Å². The van der Waals surface area contributed by atoms with Gasteiger partial charge in [-0.2, -0.15) is 13.2 Å². The summed E-state index contributed by atoms with van der Waals surface area (Å²) in [6.07, 6.45) is -2.93. The first-order valence-corrected chi connectivity index (χ1v) is 6.63. The number of halogens is 3. The van der Waals surface area contributed by atoms with E-state index in [-0.39, 0.29) is 24.3 Å². The topological polar surface area (TPSA) is 42.2 Å². The van der Waals surface area contributed by atoms with E-state index in [0.717, 1.165) is 6.07 Å². The summed E-state index contributed by atoms with van der Waals surface area (Å²) in [6.45, 7) is 3.75. The first-order valence-electron chi connectivity index (χ1n) is 6.63. The molecular weight excluding hydrogens is 283 g/mol. The normalized spacial score (nSPS) is 12.3. The molecule has 0 aliphatic carbocycles. The second kappa shape index (κ2) is 5.42. The van der Waals surface area contributed by atoms with Crippen LogP contribution in [0.2, 0.25) is 0 Å². The van der Waals surface area contributed by atoms with Crippen LogP contribution in [0.5, 0.6) is 0 Å². The minimum Gasteiger partial charge on any atom is -0.481 e. The Morgan fingerprint density at radius 3 is 2.52 bits per heavy atom. The van der Waals surface area contributed by atoms with E-state index in [0.29, 0.717) is 11.1 Å². The summed E-state index contributed by atoms with van der Waals surface area (Å²) >= 11 is 0. The third-order valence-corrected chi connectivity index (χ3v) is 3.41. The number of nitrogens with zero attached hydrogens (tertiary/aromatic N) is 1. The van der Waals surface area contributed by atoms with Gasteiger partial charge in [-0.15, -0.1) is 0 Å². The number of carboxylic acid groups (broad SMARTS) is 1. The van der Waals surface area contributed by atoms with Crippen molar-refractivity contribution < 1.29 is 23.1 Å². The highest BCUT2D eigenvalue weighted by molar-refractivity contribution is 5.88. The zero-order valence-corrected chi connectivity index (χ0v) is 11.7. The highest BCUT2D eigenvalue weighted by atomic mass is 19.4. The predicted molar refractivity (Wildman–Crippen MR) is 73.3 cm³/mol. The van der Waals surface area contributed by atoms with Crippen LogP contribution in [0.1, 0.15) is 37.4 Å². The third kappa shape index (κ3) is 3.04. The Hall–Kier alpha value is -1.98. The number of alkyl halides is 3. The fraction of sp³-hybridized carbons (Fsp3) is 0.400. The van der Waals surface area contributed by atoms with E-state index in [9.17, 15) is 18.0 Å².